The van der Waals surface area contributed by atoms with Gasteiger partial charge in [0.15, 0.2) is 11.5 Å². The first-order chi connectivity index (χ1) is 10.1. The highest BCUT2D eigenvalue weighted by Gasteiger charge is 2.30. The van der Waals surface area contributed by atoms with E-state index in [1.807, 2.05) is 17.7 Å². The Kier molecular flexibility index (Phi) is 3.29. The number of carbonyl (C=O) groups excluding carboxylic acids is 1. The fourth-order valence-electron chi connectivity index (χ4n) is 2.75. The Bertz CT molecular complexity index is 693. The van der Waals surface area contributed by atoms with Crippen LogP contribution in [0.4, 0.5) is 5.69 Å². The molecule has 1 aliphatic heterocycles. The van der Waals surface area contributed by atoms with Crippen LogP contribution >= 0.6 is 0 Å². The molecule has 21 heavy (non-hydrogen) atoms. The number of nitrogens with one attached hydrogen (secondary N) is 1. The van der Waals surface area contributed by atoms with E-state index >= 15 is 0 Å². The van der Waals surface area contributed by atoms with Gasteiger partial charge in [0.05, 0.1) is 20.5 Å². The van der Waals surface area contributed by atoms with Crippen molar-refractivity contribution < 1.29 is 14.3 Å². The number of hydrogen-bond acceptors (Lipinski definition) is 4. The molecule has 1 aliphatic rings. The monoisotopic (exact) mass is 287 g/mol. The number of imidazole rings is 1. The Balaban J connectivity index is 2.15. The zero-order valence-corrected chi connectivity index (χ0v) is 12.2. The second kappa shape index (κ2) is 5.12. The van der Waals surface area contributed by atoms with Crippen LogP contribution in [0.1, 0.15) is 23.6 Å². The van der Waals surface area contributed by atoms with Crippen molar-refractivity contribution in [1.29, 1.82) is 0 Å². The number of aromatic nitrogens is 2. The van der Waals surface area contributed by atoms with Gasteiger partial charge in [-0.25, -0.2) is 4.98 Å². The van der Waals surface area contributed by atoms with Crippen molar-refractivity contribution in [3.63, 3.8) is 0 Å². The van der Waals surface area contributed by atoms with Gasteiger partial charge in [-0.2, -0.15) is 0 Å². The van der Waals surface area contributed by atoms with E-state index in [4.69, 9.17) is 9.47 Å². The zero-order valence-electron chi connectivity index (χ0n) is 12.2. The highest BCUT2D eigenvalue weighted by molar-refractivity contribution is 5.95. The van der Waals surface area contributed by atoms with Crippen molar-refractivity contribution >= 4 is 11.6 Å². The minimum Gasteiger partial charge on any atom is -0.493 e. The second-order valence-electron chi connectivity index (χ2n) is 5.03. The summed E-state index contributed by atoms with van der Waals surface area (Å²) in [7, 11) is 5.10. The van der Waals surface area contributed by atoms with Crippen molar-refractivity contribution in [2.45, 2.75) is 12.3 Å². The predicted molar refractivity (Wildman–Crippen MR) is 77.8 cm³/mol. The molecule has 6 heteroatoms. The summed E-state index contributed by atoms with van der Waals surface area (Å²) in [5.74, 6) is 1.20. The molecular formula is C15H17N3O3. The molecule has 6 nitrogen and oxygen atoms in total. The van der Waals surface area contributed by atoms with Crippen LogP contribution in [0.15, 0.2) is 24.7 Å². The van der Waals surface area contributed by atoms with Crippen molar-refractivity contribution in [3.8, 4) is 11.5 Å². The first-order valence-electron chi connectivity index (χ1n) is 6.66. The van der Waals surface area contributed by atoms with E-state index in [0.717, 1.165) is 16.9 Å². The Hall–Kier alpha value is -2.50. The van der Waals surface area contributed by atoms with Gasteiger partial charge in [-0.1, -0.05) is 0 Å². The minimum absolute atomic E-state index is 0.0130. The van der Waals surface area contributed by atoms with E-state index in [0.29, 0.717) is 17.9 Å². The number of carbonyl (C=O) groups is 1. The van der Waals surface area contributed by atoms with E-state index in [1.165, 1.54) is 0 Å². The van der Waals surface area contributed by atoms with Gasteiger partial charge in [0.1, 0.15) is 0 Å². The molecular weight excluding hydrogens is 270 g/mol. The Morgan fingerprint density at radius 3 is 2.62 bits per heavy atom. The lowest BCUT2D eigenvalue weighted by Crippen LogP contribution is -2.24. The summed E-state index contributed by atoms with van der Waals surface area (Å²) in [6.45, 7) is 0. The minimum atomic E-state index is -0.0407. The largest absolute Gasteiger partial charge is 0.493 e. The van der Waals surface area contributed by atoms with Crippen molar-refractivity contribution in [2.75, 3.05) is 19.5 Å². The number of anilines is 1. The molecule has 0 saturated heterocycles. The number of aryl methyl sites for hydroxylation is 1. The van der Waals surface area contributed by atoms with Crippen LogP contribution in [-0.2, 0) is 11.8 Å². The molecule has 1 N–H and O–H groups in total. The molecule has 1 aromatic carbocycles. The maximum Gasteiger partial charge on any atom is 0.225 e. The summed E-state index contributed by atoms with van der Waals surface area (Å²) >= 11 is 0. The van der Waals surface area contributed by atoms with E-state index < -0.39 is 0 Å². The smallest absolute Gasteiger partial charge is 0.225 e. The molecule has 110 valence electrons. The Labute approximate surface area is 122 Å². The fourth-order valence-corrected chi connectivity index (χ4v) is 2.75. The van der Waals surface area contributed by atoms with E-state index in [1.54, 1.807) is 32.8 Å². The summed E-state index contributed by atoms with van der Waals surface area (Å²) in [5.41, 5.74) is 2.77. The van der Waals surface area contributed by atoms with Gasteiger partial charge in [0, 0.05) is 43.0 Å². The highest BCUT2D eigenvalue weighted by atomic mass is 16.5. The summed E-state index contributed by atoms with van der Waals surface area (Å²) in [6.07, 6.45) is 3.92. The Morgan fingerprint density at radius 2 is 2.00 bits per heavy atom. The molecule has 1 amide bonds. The summed E-state index contributed by atoms with van der Waals surface area (Å²) in [5, 5.41) is 2.89. The molecule has 2 aromatic rings. The lowest BCUT2D eigenvalue weighted by molar-refractivity contribution is -0.116. The van der Waals surface area contributed by atoms with Gasteiger partial charge in [0.2, 0.25) is 5.91 Å². The first-order valence-corrected chi connectivity index (χ1v) is 6.66. The van der Waals surface area contributed by atoms with Crippen LogP contribution in [0.3, 0.4) is 0 Å². The quantitative estimate of drug-likeness (QED) is 0.936. The van der Waals surface area contributed by atoms with E-state index in [-0.39, 0.29) is 11.8 Å². The number of ether oxygens (including phenoxy) is 2. The maximum atomic E-state index is 12.0. The van der Waals surface area contributed by atoms with Crippen LogP contribution in [0.5, 0.6) is 11.5 Å². The number of fused-ring (bicyclic) bond motifs is 1. The molecule has 3 rings (SSSR count). The van der Waals surface area contributed by atoms with E-state index in [2.05, 4.69) is 10.3 Å². The summed E-state index contributed by atoms with van der Waals surface area (Å²) in [6, 6.07) is 3.72. The summed E-state index contributed by atoms with van der Waals surface area (Å²) < 4.78 is 12.6. The molecule has 0 radical (unpaired) electrons. The maximum absolute atomic E-state index is 12.0. The van der Waals surface area contributed by atoms with E-state index in [9.17, 15) is 4.79 Å². The zero-order chi connectivity index (χ0) is 15.0. The molecule has 2 heterocycles. The van der Waals surface area contributed by atoms with Gasteiger partial charge in [-0.3, -0.25) is 4.79 Å². The van der Waals surface area contributed by atoms with Crippen LogP contribution in [0.25, 0.3) is 0 Å². The third-order valence-corrected chi connectivity index (χ3v) is 3.81. The van der Waals surface area contributed by atoms with Gasteiger partial charge >= 0.3 is 0 Å². The molecule has 1 unspecified atom stereocenters. The molecule has 0 aliphatic carbocycles. The van der Waals surface area contributed by atoms with Crippen molar-refractivity contribution in [1.82, 2.24) is 9.55 Å². The van der Waals surface area contributed by atoms with Gasteiger partial charge in [-0.05, 0) is 11.6 Å². The van der Waals surface area contributed by atoms with Gasteiger partial charge in [0.25, 0.3) is 0 Å². The topological polar surface area (TPSA) is 65.4 Å². The second-order valence-corrected chi connectivity index (χ2v) is 5.03. The van der Waals surface area contributed by atoms with Gasteiger partial charge < -0.3 is 19.4 Å². The number of nitrogens with zero attached hydrogens (tertiary/aromatic N) is 2. The fraction of sp³-hybridized carbons (Fsp3) is 0.333. The molecule has 0 bridgehead atoms. The third kappa shape index (κ3) is 2.22. The standard InChI is InChI=1S/C15H17N3O3/c1-18-8-16-7-12(18)10-5-15(19)17-11-6-14(21-3)13(20-2)4-9(10)11/h4,6-8,10H,5H2,1-3H3,(H,17,19). The van der Waals surface area contributed by atoms with Crippen LogP contribution in [0, 0.1) is 0 Å². The average molecular weight is 287 g/mol. The van der Waals surface area contributed by atoms with Crippen molar-refractivity contribution in [2.24, 2.45) is 7.05 Å². The number of hydrogen-bond donors (Lipinski definition) is 1. The summed E-state index contributed by atoms with van der Waals surface area (Å²) in [4.78, 5) is 16.1. The van der Waals surface area contributed by atoms with Crippen LogP contribution in [0.2, 0.25) is 0 Å². The lowest BCUT2D eigenvalue weighted by atomic mass is 9.87. The first kappa shape index (κ1) is 13.5. The molecule has 1 aromatic heterocycles. The molecule has 0 saturated carbocycles. The number of amides is 1. The third-order valence-electron chi connectivity index (χ3n) is 3.81. The normalized spacial score (nSPS) is 17.1. The average Bonchev–Trinajstić information content (AvgIpc) is 2.91. The molecule has 0 fully saturated rings. The van der Waals surface area contributed by atoms with Gasteiger partial charge in [-0.15, -0.1) is 0 Å². The van der Waals surface area contributed by atoms with Crippen LogP contribution < -0.4 is 14.8 Å². The Morgan fingerprint density at radius 1 is 1.29 bits per heavy atom. The lowest BCUT2D eigenvalue weighted by Gasteiger charge is -2.27. The van der Waals surface area contributed by atoms with Crippen LogP contribution in [-0.4, -0.2) is 29.7 Å². The molecule has 0 spiro atoms. The number of methoxy groups -OCH3 is 2. The SMILES string of the molecule is COc1cc2c(cc1OC)C(c1cncn1C)CC(=O)N2. The number of rotatable bonds is 3. The number of benzene rings is 1. The van der Waals surface area contributed by atoms with Crippen molar-refractivity contribution in [3.05, 3.63) is 35.9 Å². The molecule has 1 atom stereocenters. The predicted octanol–water partition coefficient (Wildman–Crippen LogP) is 1.91. The highest BCUT2D eigenvalue weighted by Crippen LogP contribution is 2.42.